The molecule has 2 aliphatic rings. The highest BCUT2D eigenvalue weighted by atomic mass is 35.5. The Balaban J connectivity index is 1.90. The number of hydrogen-bond acceptors (Lipinski definition) is 2. The van der Waals surface area contributed by atoms with E-state index < -0.39 is 17.0 Å². The summed E-state index contributed by atoms with van der Waals surface area (Å²) in [5.74, 6) is -1.26. The van der Waals surface area contributed by atoms with E-state index >= 15 is 4.39 Å². The number of benzene rings is 2. The van der Waals surface area contributed by atoms with Crippen molar-refractivity contribution in [2.75, 3.05) is 6.61 Å². The van der Waals surface area contributed by atoms with E-state index in [0.717, 1.165) is 18.1 Å². The molecule has 0 aromatic heterocycles. The maximum Gasteiger partial charge on any atom is 0.165 e. The van der Waals surface area contributed by atoms with Gasteiger partial charge < -0.3 is 4.74 Å². The number of nitrogens with zero attached hydrogens (tertiary/aromatic N) is 1. The summed E-state index contributed by atoms with van der Waals surface area (Å²) in [6.45, 7) is 2.28. The molecule has 2 aromatic carbocycles. The lowest BCUT2D eigenvalue weighted by atomic mass is 9.53. The first-order valence-electron chi connectivity index (χ1n) is 9.21. The molecule has 0 bridgehead atoms. The van der Waals surface area contributed by atoms with Gasteiger partial charge in [0.15, 0.2) is 11.6 Å². The first-order valence-corrected chi connectivity index (χ1v) is 9.59. The Labute approximate surface area is 162 Å². The van der Waals surface area contributed by atoms with Gasteiger partial charge in [-0.05, 0) is 55.0 Å². The second-order valence-electron chi connectivity index (χ2n) is 7.78. The number of rotatable bonds is 2. The number of halogens is 3. The third kappa shape index (κ3) is 2.89. The van der Waals surface area contributed by atoms with Crippen molar-refractivity contribution in [1.82, 2.24) is 0 Å². The van der Waals surface area contributed by atoms with Crippen molar-refractivity contribution < 1.29 is 13.5 Å². The Morgan fingerprint density at radius 3 is 2.59 bits per heavy atom. The molecule has 0 N–H and O–H groups in total. The van der Waals surface area contributed by atoms with Gasteiger partial charge >= 0.3 is 0 Å². The molecule has 0 unspecified atom stereocenters. The molecular weight excluding hydrogens is 368 g/mol. The van der Waals surface area contributed by atoms with E-state index in [1.165, 1.54) is 6.07 Å². The molecule has 140 valence electrons. The third-order valence-corrected chi connectivity index (χ3v) is 6.60. The lowest BCUT2D eigenvalue weighted by molar-refractivity contribution is 0.0280. The minimum absolute atomic E-state index is 0.00598. The van der Waals surface area contributed by atoms with Gasteiger partial charge in [-0.1, -0.05) is 30.7 Å². The van der Waals surface area contributed by atoms with Crippen LogP contribution in [0.1, 0.15) is 30.9 Å². The highest BCUT2D eigenvalue weighted by molar-refractivity contribution is 6.30. The van der Waals surface area contributed by atoms with Crippen LogP contribution in [0.5, 0.6) is 5.75 Å². The van der Waals surface area contributed by atoms with Crippen LogP contribution in [0.4, 0.5) is 8.78 Å². The monoisotopic (exact) mass is 387 g/mol. The van der Waals surface area contributed by atoms with Gasteiger partial charge in [-0.3, -0.25) is 0 Å². The SMILES string of the molecule is C[C@@H]1CC[C@@]2(Cc3ccc(Cl)cc3)c3c(F)ccc(F)c3OC[C@H]2[C@@H]1C#N. The predicted molar refractivity (Wildman–Crippen MR) is 99.7 cm³/mol. The maximum atomic E-state index is 15.0. The van der Waals surface area contributed by atoms with Crippen LogP contribution in [0.25, 0.3) is 0 Å². The quantitative estimate of drug-likeness (QED) is 0.664. The number of hydrogen-bond donors (Lipinski definition) is 0. The fourth-order valence-corrected chi connectivity index (χ4v) is 5.09. The van der Waals surface area contributed by atoms with Crippen molar-refractivity contribution in [3.63, 3.8) is 0 Å². The molecule has 0 amide bonds. The Morgan fingerprint density at radius 2 is 1.89 bits per heavy atom. The van der Waals surface area contributed by atoms with Crippen LogP contribution in [-0.4, -0.2) is 6.61 Å². The molecule has 4 rings (SSSR count). The second kappa shape index (κ2) is 6.80. The molecule has 2 nitrogen and oxygen atoms in total. The van der Waals surface area contributed by atoms with Crippen LogP contribution >= 0.6 is 11.6 Å². The molecule has 1 aliphatic heterocycles. The normalized spacial score (nSPS) is 29.2. The Kier molecular flexibility index (Phi) is 4.60. The van der Waals surface area contributed by atoms with Crippen molar-refractivity contribution >= 4 is 11.6 Å². The average Bonchev–Trinajstić information content (AvgIpc) is 2.66. The summed E-state index contributed by atoms with van der Waals surface area (Å²) in [6, 6.07) is 12.1. The van der Waals surface area contributed by atoms with E-state index in [4.69, 9.17) is 16.3 Å². The van der Waals surface area contributed by atoms with Crippen molar-refractivity contribution in [2.24, 2.45) is 17.8 Å². The number of fused-ring (bicyclic) bond motifs is 3. The molecule has 1 aliphatic carbocycles. The third-order valence-electron chi connectivity index (χ3n) is 6.35. The molecule has 2 aromatic rings. The molecule has 1 heterocycles. The highest BCUT2D eigenvalue weighted by Crippen LogP contribution is 2.56. The summed E-state index contributed by atoms with van der Waals surface area (Å²) in [7, 11) is 0. The maximum absolute atomic E-state index is 15.0. The smallest absolute Gasteiger partial charge is 0.165 e. The first-order chi connectivity index (χ1) is 13.0. The summed E-state index contributed by atoms with van der Waals surface area (Å²) in [5.41, 5.74) is 0.619. The summed E-state index contributed by atoms with van der Waals surface area (Å²) < 4.78 is 35.1. The van der Waals surface area contributed by atoms with Crippen molar-refractivity contribution in [3.8, 4) is 11.8 Å². The largest absolute Gasteiger partial charge is 0.490 e. The van der Waals surface area contributed by atoms with Crippen LogP contribution in [0.2, 0.25) is 5.02 Å². The van der Waals surface area contributed by atoms with Gasteiger partial charge in [-0.25, -0.2) is 8.78 Å². The fourth-order valence-electron chi connectivity index (χ4n) is 4.97. The van der Waals surface area contributed by atoms with Gasteiger partial charge in [-0.2, -0.15) is 5.26 Å². The number of nitriles is 1. The molecule has 0 radical (unpaired) electrons. The summed E-state index contributed by atoms with van der Waals surface area (Å²) in [5, 5.41) is 10.4. The highest BCUT2D eigenvalue weighted by Gasteiger charge is 2.54. The van der Waals surface area contributed by atoms with Crippen LogP contribution in [0.15, 0.2) is 36.4 Å². The van der Waals surface area contributed by atoms with Gasteiger partial charge in [0.2, 0.25) is 0 Å². The van der Waals surface area contributed by atoms with E-state index in [0.29, 0.717) is 23.4 Å². The molecule has 0 saturated heterocycles. The Bertz CT molecular complexity index is 908. The zero-order chi connectivity index (χ0) is 19.2. The van der Waals surface area contributed by atoms with Gasteiger partial charge in [0.1, 0.15) is 5.82 Å². The van der Waals surface area contributed by atoms with E-state index in [1.54, 1.807) is 12.1 Å². The van der Waals surface area contributed by atoms with Gasteiger partial charge in [0.05, 0.1) is 18.6 Å². The Hall–Kier alpha value is -2.12. The zero-order valence-electron chi connectivity index (χ0n) is 15.0. The van der Waals surface area contributed by atoms with Crippen LogP contribution < -0.4 is 4.74 Å². The van der Waals surface area contributed by atoms with Gasteiger partial charge in [0.25, 0.3) is 0 Å². The summed E-state index contributed by atoms with van der Waals surface area (Å²) in [6.07, 6.45) is 2.00. The summed E-state index contributed by atoms with van der Waals surface area (Å²) >= 11 is 6.01. The molecule has 5 heteroatoms. The number of ether oxygens (including phenoxy) is 1. The Morgan fingerprint density at radius 1 is 1.19 bits per heavy atom. The minimum Gasteiger partial charge on any atom is -0.490 e. The van der Waals surface area contributed by atoms with Gasteiger partial charge in [0, 0.05) is 21.9 Å². The molecule has 1 saturated carbocycles. The molecule has 4 atom stereocenters. The topological polar surface area (TPSA) is 33.0 Å². The standard InChI is InChI=1S/C22H20ClF2NO/c1-13-8-9-22(10-14-2-4-15(23)5-3-14)17(16(13)11-26)12-27-21-19(25)7-6-18(24)20(21)22/h2-7,13,16-17H,8-10,12H2,1H3/t13-,16-,17+,22+/m1/s1. The second-order valence-corrected chi connectivity index (χ2v) is 8.22. The molecule has 27 heavy (non-hydrogen) atoms. The average molecular weight is 388 g/mol. The lowest BCUT2D eigenvalue weighted by Crippen LogP contribution is -2.52. The van der Waals surface area contributed by atoms with Crippen LogP contribution in [0.3, 0.4) is 0 Å². The minimum atomic E-state index is -0.666. The molecule has 0 spiro atoms. The van der Waals surface area contributed by atoms with Crippen LogP contribution in [0, 0.1) is 40.7 Å². The zero-order valence-corrected chi connectivity index (χ0v) is 15.8. The van der Waals surface area contributed by atoms with E-state index in [-0.39, 0.29) is 30.1 Å². The van der Waals surface area contributed by atoms with Crippen molar-refractivity contribution in [2.45, 2.75) is 31.6 Å². The van der Waals surface area contributed by atoms with E-state index in [2.05, 4.69) is 13.0 Å². The van der Waals surface area contributed by atoms with Crippen molar-refractivity contribution in [3.05, 3.63) is 64.2 Å². The fraction of sp³-hybridized carbons (Fsp3) is 0.409. The molecule has 1 fully saturated rings. The van der Waals surface area contributed by atoms with Gasteiger partial charge in [-0.15, -0.1) is 0 Å². The molecular formula is C22H20ClF2NO. The first kappa shape index (κ1) is 18.3. The summed E-state index contributed by atoms with van der Waals surface area (Å²) in [4.78, 5) is 0. The predicted octanol–water partition coefficient (Wildman–Crippen LogP) is 5.68. The van der Waals surface area contributed by atoms with Crippen LogP contribution in [-0.2, 0) is 11.8 Å². The lowest BCUT2D eigenvalue weighted by Gasteiger charge is -2.52. The van der Waals surface area contributed by atoms with E-state index in [1.807, 2.05) is 12.1 Å². The van der Waals surface area contributed by atoms with Crippen molar-refractivity contribution in [1.29, 1.82) is 5.26 Å². The van der Waals surface area contributed by atoms with E-state index in [9.17, 15) is 9.65 Å².